The molecule has 7 nitrogen and oxygen atoms in total. The van der Waals surface area contributed by atoms with Crippen molar-refractivity contribution in [1.29, 1.82) is 0 Å². The molecule has 0 spiro atoms. The number of nitrogens with one attached hydrogen (secondary N) is 1. The zero-order chi connectivity index (χ0) is 23.5. The average molecular weight is 458 g/mol. The summed E-state index contributed by atoms with van der Waals surface area (Å²) in [7, 11) is 0. The number of benzene rings is 2. The molecule has 2 aromatic carbocycles. The number of para-hydroxylation sites is 1. The van der Waals surface area contributed by atoms with Crippen LogP contribution in [0, 0.1) is 11.7 Å². The lowest BCUT2D eigenvalue weighted by Crippen LogP contribution is -2.44. The van der Waals surface area contributed by atoms with Gasteiger partial charge in [-0.05, 0) is 42.7 Å². The number of nitrogens with zero attached hydrogens (tertiary/aromatic N) is 4. The first-order valence-electron chi connectivity index (χ1n) is 11.3. The third-order valence-electron chi connectivity index (χ3n) is 6.09. The summed E-state index contributed by atoms with van der Waals surface area (Å²) in [4.78, 5) is 37.4. The summed E-state index contributed by atoms with van der Waals surface area (Å²) < 4.78 is 15.6. The molecule has 1 N–H and O–H groups in total. The van der Waals surface area contributed by atoms with Gasteiger partial charge in [-0.15, -0.1) is 0 Å². The van der Waals surface area contributed by atoms with E-state index >= 15 is 0 Å². The average Bonchev–Trinajstić information content (AvgIpc) is 2.87. The minimum atomic E-state index is -0.476. The highest BCUT2D eigenvalue weighted by Crippen LogP contribution is 2.23. The van der Waals surface area contributed by atoms with Gasteiger partial charge in [-0.2, -0.15) is 0 Å². The number of hydrogen-bond donors (Lipinski definition) is 1. The third kappa shape index (κ3) is 4.39. The van der Waals surface area contributed by atoms with Gasteiger partial charge in [0.05, 0.1) is 18.2 Å². The zero-order valence-electron chi connectivity index (χ0n) is 18.5. The van der Waals surface area contributed by atoms with Gasteiger partial charge in [0.15, 0.2) is 11.5 Å². The molecule has 0 unspecified atom stereocenters. The molecule has 4 aromatic rings. The second kappa shape index (κ2) is 9.43. The number of piperidine rings is 1. The number of amides is 1. The Kier molecular flexibility index (Phi) is 6.03. The van der Waals surface area contributed by atoms with Crippen molar-refractivity contribution < 1.29 is 9.18 Å². The molecule has 1 atom stereocenters. The minimum absolute atomic E-state index is 0.157. The van der Waals surface area contributed by atoms with E-state index in [0.717, 1.165) is 12.0 Å². The lowest BCUT2D eigenvalue weighted by atomic mass is 9.97. The van der Waals surface area contributed by atoms with Gasteiger partial charge < -0.3 is 10.2 Å². The highest BCUT2D eigenvalue weighted by Gasteiger charge is 2.29. The topological polar surface area (TPSA) is 80.1 Å². The van der Waals surface area contributed by atoms with Crippen LogP contribution in [0.5, 0.6) is 0 Å². The van der Waals surface area contributed by atoms with E-state index in [1.807, 2.05) is 41.3 Å². The van der Waals surface area contributed by atoms with Crippen LogP contribution in [0.25, 0.3) is 11.2 Å². The number of hydrogen-bond acceptors (Lipinski definition) is 5. The molecule has 34 heavy (non-hydrogen) atoms. The van der Waals surface area contributed by atoms with Gasteiger partial charge >= 0.3 is 0 Å². The third-order valence-corrected chi connectivity index (χ3v) is 6.09. The van der Waals surface area contributed by atoms with E-state index in [4.69, 9.17) is 0 Å². The standard InChI is InChI=1S/C26H24FN5O2/c27-20-11-4-5-12-21(20)30-25(33)19-10-7-15-31(17-19)24-26(34)32(16-18-8-2-1-3-9-18)23-22(29-24)13-6-14-28-23/h1-6,8-9,11-14,19H,7,10,15-17H2,(H,30,33)/t19-/m0/s1. The smallest absolute Gasteiger partial charge is 0.295 e. The number of carbonyl (C=O) groups excluding carboxylic acids is 1. The van der Waals surface area contributed by atoms with Gasteiger partial charge in [0.2, 0.25) is 5.91 Å². The van der Waals surface area contributed by atoms with E-state index in [1.165, 1.54) is 12.1 Å². The van der Waals surface area contributed by atoms with Crippen molar-refractivity contribution in [1.82, 2.24) is 14.5 Å². The van der Waals surface area contributed by atoms with Crippen LogP contribution in [-0.2, 0) is 11.3 Å². The van der Waals surface area contributed by atoms with E-state index in [2.05, 4.69) is 15.3 Å². The van der Waals surface area contributed by atoms with Crippen LogP contribution in [-0.4, -0.2) is 33.5 Å². The van der Waals surface area contributed by atoms with Crippen molar-refractivity contribution in [3.05, 3.63) is 94.7 Å². The van der Waals surface area contributed by atoms with Crippen LogP contribution in [0.15, 0.2) is 77.7 Å². The van der Waals surface area contributed by atoms with Crippen LogP contribution in [0.1, 0.15) is 18.4 Å². The van der Waals surface area contributed by atoms with Crippen LogP contribution in [0.2, 0.25) is 0 Å². The maximum absolute atomic E-state index is 14.0. The number of fused-ring (bicyclic) bond motifs is 1. The number of anilines is 2. The zero-order valence-corrected chi connectivity index (χ0v) is 18.5. The largest absolute Gasteiger partial charge is 0.351 e. The maximum Gasteiger partial charge on any atom is 0.295 e. The van der Waals surface area contributed by atoms with E-state index in [-0.39, 0.29) is 23.1 Å². The van der Waals surface area contributed by atoms with Gasteiger partial charge in [-0.3, -0.25) is 14.2 Å². The van der Waals surface area contributed by atoms with Crippen LogP contribution < -0.4 is 15.8 Å². The van der Waals surface area contributed by atoms with E-state index in [0.29, 0.717) is 43.0 Å². The Morgan fingerprint density at radius 1 is 1.06 bits per heavy atom. The molecule has 1 aliphatic heterocycles. The molecule has 0 bridgehead atoms. The monoisotopic (exact) mass is 457 g/mol. The Labute approximate surface area is 195 Å². The number of pyridine rings is 1. The number of halogens is 1. The van der Waals surface area contributed by atoms with E-state index < -0.39 is 5.82 Å². The number of aromatic nitrogens is 3. The van der Waals surface area contributed by atoms with E-state index in [9.17, 15) is 14.0 Å². The maximum atomic E-state index is 14.0. The van der Waals surface area contributed by atoms with Gasteiger partial charge in [-0.25, -0.2) is 14.4 Å². The first kappa shape index (κ1) is 21.8. The van der Waals surface area contributed by atoms with Crippen molar-refractivity contribution in [2.24, 2.45) is 5.92 Å². The van der Waals surface area contributed by atoms with Gasteiger partial charge in [0.25, 0.3) is 5.56 Å². The van der Waals surface area contributed by atoms with Crippen LogP contribution in [0.3, 0.4) is 0 Å². The van der Waals surface area contributed by atoms with Crippen molar-refractivity contribution >= 4 is 28.6 Å². The second-order valence-corrected chi connectivity index (χ2v) is 8.41. The van der Waals surface area contributed by atoms with Gasteiger partial charge in [0, 0.05) is 19.3 Å². The summed E-state index contributed by atoms with van der Waals surface area (Å²) in [5, 5.41) is 2.69. The Morgan fingerprint density at radius 3 is 2.68 bits per heavy atom. The number of rotatable bonds is 5. The Hall–Kier alpha value is -4.07. The first-order valence-corrected chi connectivity index (χ1v) is 11.3. The Bertz CT molecular complexity index is 1390. The molecular formula is C26H24FN5O2. The van der Waals surface area contributed by atoms with Crippen LogP contribution >= 0.6 is 0 Å². The van der Waals surface area contributed by atoms with Crippen molar-refractivity contribution in [3.8, 4) is 0 Å². The predicted molar refractivity (Wildman–Crippen MR) is 129 cm³/mol. The molecular weight excluding hydrogens is 433 g/mol. The molecule has 1 aliphatic rings. The first-order chi connectivity index (χ1) is 16.6. The fraction of sp³-hybridized carbons (Fsp3) is 0.231. The fourth-order valence-corrected chi connectivity index (χ4v) is 4.36. The summed E-state index contributed by atoms with van der Waals surface area (Å²) in [6.45, 7) is 1.32. The lowest BCUT2D eigenvalue weighted by molar-refractivity contribution is -0.120. The van der Waals surface area contributed by atoms with Crippen molar-refractivity contribution in [2.45, 2.75) is 19.4 Å². The quantitative estimate of drug-likeness (QED) is 0.493. The molecule has 172 valence electrons. The normalized spacial score (nSPS) is 15.9. The van der Waals surface area contributed by atoms with Crippen molar-refractivity contribution in [3.63, 3.8) is 0 Å². The molecule has 1 saturated heterocycles. The van der Waals surface area contributed by atoms with Gasteiger partial charge in [-0.1, -0.05) is 42.5 Å². The molecule has 0 saturated carbocycles. The Morgan fingerprint density at radius 2 is 1.85 bits per heavy atom. The fourth-order valence-electron chi connectivity index (χ4n) is 4.36. The molecule has 1 fully saturated rings. The van der Waals surface area contributed by atoms with Crippen molar-refractivity contribution in [2.75, 3.05) is 23.3 Å². The predicted octanol–water partition coefficient (Wildman–Crippen LogP) is 3.83. The SMILES string of the molecule is O=C(Nc1ccccc1F)[C@H]1CCCN(c2nc3cccnc3n(Cc3ccccc3)c2=O)C1. The minimum Gasteiger partial charge on any atom is -0.351 e. The Balaban J connectivity index is 1.45. The molecule has 8 heteroatoms. The van der Waals surface area contributed by atoms with Gasteiger partial charge in [0.1, 0.15) is 11.3 Å². The lowest BCUT2D eigenvalue weighted by Gasteiger charge is -2.32. The summed E-state index contributed by atoms with van der Waals surface area (Å²) >= 11 is 0. The summed E-state index contributed by atoms with van der Waals surface area (Å²) in [6, 6.07) is 19.4. The molecule has 5 rings (SSSR count). The molecule has 0 aliphatic carbocycles. The summed E-state index contributed by atoms with van der Waals surface area (Å²) in [5.74, 6) is -0.820. The van der Waals surface area contributed by atoms with Crippen LogP contribution in [0.4, 0.5) is 15.9 Å². The summed E-state index contributed by atoms with van der Waals surface area (Å²) in [5.41, 5.74) is 2.03. The molecule has 3 heterocycles. The number of carbonyl (C=O) groups is 1. The highest BCUT2D eigenvalue weighted by atomic mass is 19.1. The molecule has 2 aromatic heterocycles. The van der Waals surface area contributed by atoms with E-state index in [1.54, 1.807) is 29.0 Å². The second-order valence-electron chi connectivity index (χ2n) is 8.41. The molecule has 0 radical (unpaired) electrons. The summed E-state index contributed by atoms with van der Waals surface area (Å²) in [6.07, 6.45) is 3.03. The highest BCUT2D eigenvalue weighted by molar-refractivity contribution is 5.93. The molecule has 1 amide bonds.